The molecule has 0 aliphatic rings. The zero-order valence-corrected chi connectivity index (χ0v) is 46.4. The SMILES string of the molecule is Cc1cccc([Si](c2cccc(C)c2)(c2cccc(-n3c4ccccc4c4cc5c6ccccc6n(-c6cccc(C)n6)c5cc43)c2)c2cccc(-n3c4ccccc4c4cc5c6ccccc6n(-c6cccc(C)n6)c5cc43)c2)c1. The van der Waals surface area contributed by atoms with Crippen LogP contribution < -0.4 is 20.7 Å². The minimum atomic E-state index is -3.22. The second kappa shape index (κ2) is 18.0. The normalized spacial score (nSPS) is 12.2. The molecule has 0 aliphatic heterocycles. The minimum absolute atomic E-state index is 0.913. The van der Waals surface area contributed by atoms with Crippen molar-refractivity contribution in [3.63, 3.8) is 0 Å². The van der Waals surface area contributed by atoms with E-state index in [1.54, 1.807) is 0 Å². The number of hydrogen-bond acceptors (Lipinski definition) is 2. The quantitative estimate of drug-likeness (QED) is 0.112. The van der Waals surface area contributed by atoms with Gasteiger partial charge in [0.15, 0.2) is 8.07 Å². The molecule has 0 fully saturated rings. The lowest BCUT2D eigenvalue weighted by molar-refractivity contribution is 1.05. The maximum atomic E-state index is 5.10. The first-order valence-electron chi connectivity index (χ1n) is 28.0. The van der Waals surface area contributed by atoms with Crippen molar-refractivity contribution < 1.29 is 0 Å². The molecule has 0 saturated carbocycles. The molecule has 0 saturated heterocycles. The fourth-order valence-electron chi connectivity index (χ4n) is 13.7. The lowest BCUT2D eigenvalue weighted by Crippen LogP contribution is -2.75. The molecule has 16 aromatic rings. The average Bonchev–Trinajstić information content (AvgIpc) is 4.43. The molecule has 0 bridgehead atoms. The summed E-state index contributed by atoms with van der Waals surface area (Å²) >= 11 is 0. The number of hydrogen-bond donors (Lipinski definition) is 0. The van der Waals surface area contributed by atoms with Crippen LogP contribution in [0.15, 0.2) is 255 Å². The van der Waals surface area contributed by atoms with Crippen molar-refractivity contribution in [2.45, 2.75) is 27.7 Å². The number of pyridine rings is 2. The predicted octanol–water partition coefficient (Wildman–Crippen LogP) is 15.5. The van der Waals surface area contributed by atoms with E-state index < -0.39 is 8.07 Å². The van der Waals surface area contributed by atoms with Crippen molar-refractivity contribution in [3.8, 4) is 23.0 Å². The third-order valence-corrected chi connectivity index (χ3v) is 21.8. The van der Waals surface area contributed by atoms with Crippen molar-refractivity contribution in [1.82, 2.24) is 28.2 Å². The molecule has 0 atom stereocenters. The second-order valence-electron chi connectivity index (χ2n) is 22.0. The van der Waals surface area contributed by atoms with Gasteiger partial charge in [-0.15, -0.1) is 0 Å². The Kier molecular flexibility index (Phi) is 10.4. The van der Waals surface area contributed by atoms with Crippen LogP contribution >= 0.6 is 0 Å². The van der Waals surface area contributed by atoms with Crippen LogP contribution in [0.3, 0.4) is 0 Å². The number of rotatable bonds is 8. The van der Waals surface area contributed by atoms with Gasteiger partial charge in [0.05, 0.1) is 44.1 Å². The minimum Gasteiger partial charge on any atom is -0.309 e. The van der Waals surface area contributed by atoms with E-state index in [2.05, 4.69) is 301 Å². The Labute approximate surface area is 469 Å². The summed E-state index contributed by atoms with van der Waals surface area (Å²) in [6, 6.07) is 95.4. The van der Waals surface area contributed by atoms with Gasteiger partial charge in [-0.2, -0.15) is 0 Å². The summed E-state index contributed by atoms with van der Waals surface area (Å²) in [6.07, 6.45) is 0. The lowest BCUT2D eigenvalue weighted by Gasteiger charge is -2.35. The Balaban J connectivity index is 0.970. The highest BCUT2D eigenvalue weighted by atomic mass is 28.3. The van der Waals surface area contributed by atoms with Crippen LogP contribution in [0, 0.1) is 27.7 Å². The van der Waals surface area contributed by atoms with Crippen LogP contribution in [0.5, 0.6) is 0 Å². The van der Waals surface area contributed by atoms with E-state index in [0.29, 0.717) is 0 Å². The summed E-state index contributed by atoms with van der Waals surface area (Å²) in [7, 11) is -3.22. The van der Waals surface area contributed by atoms with Crippen LogP contribution in [0.2, 0.25) is 0 Å². The molecule has 0 radical (unpaired) electrons. The number of benzene rings is 10. The van der Waals surface area contributed by atoms with Gasteiger partial charge in [0.1, 0.15) is 11.6 Å². The smallest absolute Gasteiger partial charge is 0.179 e. The largest absolute Gasteiger partial charge is 0.309 e. The lowest BCUT2D eigenvalue weighted by atomic mass is 10.1. The number of nitrogens with zero attached hydrogens (tertiary/aromatic N) is 6. The van der Waals surface area contributed by atoms with E-state index in [1.807, 2.05) is 0 Å². The molecule has 10 aromatic carbocycles. The third-order valence-electron chi connectivity index (χ3n) is 17.1. The zero-order chi connectivity index (χ0) is 54.1. The van der Waals surface area contributed by atoms with Gasteiger partial charge in [0.2, 0.25) is 0 Å². The van der Waals surface area contributed by atoms with E-state index in [1.165, 1.54) is 86.0 Å². The van der Waals surface area contributed by atoms with Crippen LogP contribution in [-0.4, -0.2) is 36.3 Å². The third kappa shape index (κ3) is 7.05. The molecule has 0 aliphatic carbocycles. The first-order valence-corrected chi connectivity index (χ1v) is 30.0. The highest BCUT2D eigenvalue weighted by Gasteiger charge is 2.42. The molecule has 0 N–H and O–H groups in total. The van der Waals surface area contributed by atoms with Crippen LogP contribution in [0.1, 0.15) is 22.5 Å². The second-order valence-corrected chi connectivity index (χ2v) is 25.9. The fourth-order valence-corrected chi connectivity index (χ4v) is 18.7. The molecule has 6 heterocycles. The zero-order valence-electron chi connectivity index (χ0n) is 45.4. The Bertz CT molecular complexity index is 4930. The first kappa shape index (κ1) is 47.0. The molecule has 6 nitrogen and oxygen atoms in total. The van der Waals surface area contributed by atoms with E-state index in [9.17, 15) is 0 Å². The van der Waals surface area contributed by atoms with Gasteiger partial charge in [-0.3, -0.25) is 9.13 Å². The molecule has 6 aromatic heterocycles. The molecule has 0 unspecified atom stereocenters. The summed E-state index contributed by atoms with van der Waals surface area (Å²) in [5.74, 6) is 1.83. The highest BCUT2D eigenvalue weighted by molar-refractivity contribution is 7.20. The Morgan fingerprint density at radius 1 is 0.247 bits per heavy atom. The number of aryl methyl sites for hydroxylation is 4. The highest BCUT2D eigenvalue weighted by Crippen LogP contribution is 2.42. The summed E-state index contributed by atoms with van der Waals surface area (Å²) in [6.45, 7) is 8.61. The van der Waals surface area contributed by atoms with Gasteiger partial charge in [-0.25, -0.2) is 9.97 Å². The molecular formula is C74H54N6Si. The molecule has 7 heteroatoms. The first-order chi connectivity index (χ1) is 39.8. The van der Waals surface area contributed by atoms with Gasteiger partial charge >= 0.3 is 0 Å². The molecule has 16 rings (SSSR count). The molecule has 0 amide bonds. The van der Waals surface area contributed by atoms with Crippen molar-refractivity contribution in [3.05, 3.63) is 277 Å². The standard InChI is InChI=1S/C74H54N6Si/c1-47-19-13-25-53(39-47)81(54-26-14-20-48(2)40-54,55-27-17-23-51(41-55)77-65-33-9-5-29-57(65)61-43-63-59-31-7-11-35-67(59)79(71(63)45-69(61)77)73-37-15-21-49(3)75-73)56-28-18-24-52(42-56)78-66-34-10-6-30-58(66)62-44-64-60-32-8-12-36-68(60)80(72(64)46-70(62)78)74-38-16-22-50(4)76-74/h5-46H,1-4H3. The fraction of sp³-hybridized carbons (Fsp3) is 0.0541. The molecule has 0 spiro atoms. The van der Waals surface area contributed by atoms with Crippen LogP contribution in [0.25, 0.3) is 110 Å². The summed E-state index contributed by atoms with van der Waals surface area (Å²) in [4.78, 5) is 10.2. The maximum Gasteiger partial charge on any atom is 0.179 e. The van der Waals surface area contributed by atoms with Crippen molar-refractivity contribution in [1.29, 1.82) is 0 Å². The predicted molar refractivity (Wildman–Crippen MR) is 342 cm³/mol. The van der Waals surface area contributed by atoms with Crippen molar-refractivity contribution >= 4 is 116 Å². The van der Waals surface area contributed by atoms with Gasteiger partial charge in [-0.05, 0) is 146 Å². The monoisotopic (exact) mass is 1050 g/mol. The number of para-hydroxylation sites is 4. The average molecular weight is 1060 g/mol. The summed E-state index contributed by atoms with van der Waals surface area (Å²) < 4.78 is 9.70. The van der Waals surface area contributed by atoms with E-state index in [0.717, 1.165) is 67.5 Å². The van der Waals surface area contributed by atoms with Gasteiger partial charge < -0.3 is 9.13 Å². The number of aromatic nitrogens is 6. The topological polar surface area (TPSA) is 45.5 Å². The maximum absolute atomic E-state index is 5.10. The van der Waals surface area contributed by atoms with Crippen molar-refractivity contribution in [2.75, 3.05) is 0 Å². The molecular weight excluding hydrogens is 1000 g/mol. The van der Waals surface area contributed by atoms with Crippen LogP contribution in [-0.2, 0) is 0 Å². The van der Waals surface area contributed by atoms with E-state index in [4.69, 9.17) is 9.97 Å². The molecule has 81 heavy (non-hydrogen) atoms. The van der Waals surface area contributed by atoms with Crippen molar-refractivity contribution in [2.24, 2.45) is 0 Å². The van der Waals surface area contributed by atoms with E-state index >= 15 is 0 Å². The van der Waals surface area contributed by atoms with Gasteiger partial charge in [0, 0.05) is 65.9 Å². The number of fused-ring (bicyclic) bond motifs is 12. The van der Waals surface area contributed by atoms with Gasteiger partial charge in [0.25, 0.3) is 0 Å². The summed E-state index contributed by atoms with van der Waals surface area (Å²) in [5, 5.41) is 15.0. The molecule has 384 valence electrons. The Hall–Kier alpha value is -10.1. The van der Waals surface area contributed by atoms with E-state index in [-0.39, 0.29) is 0 Å². The van der Waals surface area contributed by atoms with Crippen LogP contribution in [0.4, 0.5) is 0 Å². The van der Waals surface area contributed by atoms with Gasteiger partial charge in [-0.1, -0.05) is 169 Å². The summed E-state index contributed by atoms with van der Waals surface area (Å²) in [5.41, 5.74) is 15.8. The Morgan fingerprint density at radius 2 is 0.568 bits per heavy atom. The Morgan fingerprint density at radius 3 is 0.938 bits per heavy atom.